The van der Waals surface area contributed by atoms with Crippen molar-refractivity contribution in [1.82, 2.24) is 10.5 Å². The first kappa shape index (κ1) is 16.0. The zero-order chi connectivity index (χ0) is 17.9. The van der Waals surface area contributed by atoms with Crippen molar-refractivity contribution in [1.29, 1.82) is 0 Å². The second kappa shape index (κ2) is 6.79. The Kier molecular flexibility index (Phi) is 4.18. The van der Waals surface area contributed by atoms with Gasteiger partial charge in [-0.05, 0) is 30.3 Å². The van der Waals surface area contributed by atoms with Gasteiger partial charge in [0.15, 0.2) is 17.3 Å². The molecule has 1 amide bonds. The second-order valence-electron chi connectivity index (χ2n) is 5.67. The van der Waals surface area contributed by atoms with Crippen LogP contribution in [0.3, 0.4) is 0 Å². The molecule has 2 heterocycles. The largest absolute Gasteiger partial charge is 0.497 e. The van der Waals surface area contributed by atoms with Crippen molar-refractivity contribution < 1.29 is 23.5 Å². The van der Waals surface area contributed by atoms with Gasteiger partial charge in [0, 0.05) is 17.2 Å². The van der Waals surface area contributed by atoms with E-state index < -0.39 is 0 Å². The molecule has 0 bridgehead atoms. The number of benzene rings is 2. The molecular weight excluding hydrogens is 336 g/mol. The topological polar surface area (TPSA) is 82.8 Å². The van der Waals surface area contributed by atoms with Gasteiger partial charge >= 0.3 is 0 Å². The number of hydrogen-bond acceptors (Lipinski definition) is 6. The summed E-state index contributed by atoms with van der Waals surface area (Å²) in [6.45, 7) is 0.424. The van der Waals surface area contributed by atoms with Crippen LogP contribution in [0, 0.1) is 0 Å². The van der Waals surface area contributed by atoms with E-state index in [0.717, 1.165) is 11.3 Å². The van der Waals surface area contributed by atoms with Gasteiger partial charge in [-0.25, -0.2) is 0 Å². The van der Waals surface area contributed by atoms with Gasteiger partial charge in [0.2, 0.25) is 6.79 Å². The van der Waals surface area contributed by atoms with Crippen LogP contribution in [-0.4, -0.2) is 25.0 Å². The van der Waals surface area contributed by atoms with Gasteiger partial charge < -0.3 is 24.1 Å². The Morgan fingerprint density at radius 3 is 2.92 bits per heavy atom. The quantitative estimate of drug-likeness (QED) is 0.760. The van der Waals surface area contributed by atoms with Crippen LogP contribution in [-0.2, 0) is 6.54 Å². The second-order valence-corrected chi connectivity index (χ2v) is 5.67. The lowest BCUT2D eigenvalue weighted by Crippen LogP contribution is -2.22. The van der Waals surface area contributed by atoms with E-state index >= 15 is 0 Å². The predicted molar refractivity (Wildman–Crippen MR) is 92.2 cm³/mol. The van der Waals surface area contributed by atoms with E-state index in [2.05, 4.69) is 10.5 Å². The van der Waals surface area contributed by atoms with Crippen LogP contribution in [0.2, 0.25) is 0 Å². The van der Waals surface area contributed by atoms with E-state index in [1.807, 2.05) is 24.3 Å². The number of aromatic nitrogens is 1. The summed E-state index contributed by atoms with van der Waals surface area (Å²) in [6, 6.07) is 14.3. The maximum absolute atomic E-state index is 12.3. The van der Waals surface area contributed by atoms with Gasteiger partial charge in [-0.15, -0.1) is 0 Å². The summed E-state index contributed by atoms with van der Waals surface area (Å²) >= 11 is 0. The summed E-state index contributed by atoms with van der Waals surface area (Å²) in [5.74, 6) is 2.32. The summed E-state index contributed by atoms with van der Waals surface area (Å²) in [7, 11) is 1.61. The lowest BCUT2D eigenvalue weighted by Gasteiger charge is -2.04. The number of carbonyl (C=O) groups excluding carboxylic acids is 1. The predicted octanol–water partition coefficient (Wildman–Crippen LogP) is 3.01. The number of fused-ring (bicyclic) bond motifs is 1. The molecule has 1 aliphatic rings. The molecule has 26 heavy (non-hydrogen) atoms. The summed E-state index contributed by atoms with van der Waals surface area (Å²) in [5, 5.41) is 6.81. The average Bonchev–Trinajstić information content (AvgIpc) is 3.34. The molecular formula is C19H16N2O5. The molecule has 7 heteroatoms. The van der Waals surface area contributed by atoms with Crippen molar-refractivity contribution in [3.8, 4) is 28.6 Å². The van der Waals surface area contributed by atoms with Gasteiger partial charge in [-0.1, -0.05) is 17.3 Å². The lowest BCUT2D eigenvalue weighted by atomic mass is 10.1. The molecule has 1 aliphatic heterocycles. The molecule has 0 radical (unpaired) electrons. The first-order valence-corrected chi connectivity index (χ1v) is 8.01. The molecule has 0 atom stereocenters. The maximum atomic E-state index is 12.3. The molecule has 2 aromatic carbocycles. The summed E-state index contributed by atoms with van der Waals surface area (Å²) in [4.78, 5) is 12.3. The number of hydrogen-bond donors (Lipinski definition) is 1. The minimum Gasteiger partial charge on any atom is -0.497 e. The third-order valence-electron chi connectivity index (χ3n) is 3.98. The minimum absolute atomic E-state index is 0.173. The van der Waals surface area contributed by atoms with Crippen LogP contribution in [0.5, 0.6) is 17.2 Å². The molecule has 3 aromatic rings. The van der Waals surface area contributed by atoms with Crippen molar-refractivity contribution in [2.24, 2.45) is 0 Å². The normalized spacial score (nSPS) is 12.0. The minimum atomic E-state index is -0.228. The fraction of sp³-hybridized carbons (Fsp3) is 0.158. The van der Waals surface area contributed by atoms with E-state index in [9.17, 15) is 4.79 Å². The summed E-state index contributed by atoms with van der Waals surface area (Å²) in [6.07, 6.45) is 0. The third-order valence-corrected chi connectivity index (χ3v) is 3.98. The Morgan fingerprint density at radius 2 is 2.04 bits per heavy atom. The highest BCUT2D eigenvalue weighted by Crippen LogP contribution is 2.32. The fourth-order valence-electron chi connectivity index (χ4n) is 2.62. The molecule has 0 unspecified atom stereocenters. The van der Waals surface area contributed by atoms with Crippen LogP contribution in [0.1, 0.15) is 16.1 Å². The van der Waals surface area contributed by atoms with Crippen LogP contribution >= 0.6 is 0 Å². The molecule has 0 saturated heterocycles. The van der Waals surface area contributed by atoms with E-state index in [1.54, 1.807) is 31.4 Å². The van der Waals surface area contributed by atoms with Crippen LogP contribution in [0.25, 0.3) is 11.3 Å². The molecule has 4 rings (SSSR count). The van der Waals surface area contributed by atoms with Crippen LogP contribution in [0.4, 0.5) is 0 Å². The Morgan fingerprint density at radius 1 is 1.15 bits per heavy atom. The van der Waals surface area contributed by atoms with E-state index in [1.165, 1.54) is 0 Å². The van der Waals surface area contributed by atoms with E-state index in [0.29, 0.717) is 28.5 Å². The van der Waals surface area contributed by atoms with Crippen molar-refractivity contribution >= 4 is 5.91 Å². The maximum Gasteiger partial charge on any atom is 0.251 e. The third kappa shape index (κ3) is 3.19. The molecule has 1 N–H and O–H groups in total. The van der Waals surface area contributed by atoms with Crippen molar-refractivity contribution in [3.63, 3.8) is 0 Å². The van der Waals surface area contributed by atoms with Gasteiger partial charge in [-0.2, -0.15) is 0 Å². The molecule has 7 nitrogen and oxygen atoms in total. The Bertz CT molecular complexity index is 951. The average molecular weight is 352 g/mol. The lowest BCUT2D eigenvalue weighted by molar-refractivity contribution is 0.0949. The molecule has 0 aliphatic carbocycles. The number of methoxy groups -OCH3 is 1. The summed E-state index contributed by atoms with van der Waals surface area (Å²) < 4.78 is 21.1. The summed E-state index contributed by atoms with van der Waals surface area (Å²) in [5.41, 5.74) is 1.97. The smallest absolute Gasteiger partial charge is 0.251 e. The molecule has 132 valence electrons. The fourth-order valence-corrected chi connectivity index (χ4v) is 2.62. The van der Waals surface area contributed by atoms with Crippen molar-refractivity contribution in [2.45, 2.75) is 6.54 Å². The molecule has 0 spiro atoms. The van der Waals surface area contributed by atoms with Crippen molar-refractivity contribution in [3.05, 3.63) is 59.8 Å². The van der Waals surface area contributed by atoms with E-state index in [4.69, 9.17) is 18.7 Å². The Labute approximate surface area is 149 Å². The molecule has 1 aromatic heterocycles. The SMILES string of the molecule is COc1cccc(-c2cc(CNC(=O)c3ccc4c(c3)OCO4)no2)c1. The monoisotopic (exact) mass is 352 g/mol. The number of amides is 1. The number of ether oxygens (including phenoxy) is 3. The van der Waals surface area contributed by atoms with Crippen LogP contribution in [0.15, 0.2) is 53.1 Å². The van der Waals surface area contributed by atoms with Crippen LogP contribution < -0.4 is 19.5 Å². The zero-order valence-electron chi connectivity index (χ0n) is 14.0. The first-order valence-electron chi connectivity index (χ1n) is 8.01. The van der Waals surface area contributed by atoms with Gasteiger partial charge in [0.25, 0.3) is 5.91 Å². The molecule has 0 fully saturated rings. The highest BCUT2D eigenvalue weighted by Gasteiger charge is 2.16. The Balaban J connectivity index is 1.42. The number of nitrogens with zero attached hydrogens (tertiary/aromatic N) is 1. The zero-order valence-corrected chi connectivity index (χ0v) is 14.0. The van der Waals surface area contributed by atoms with E-state index in [-0.39, 0.29) is 19.2 Å². The van der Waals surface area contributed by atoms with Gasteiger partial charge in [0.1, 0.15) is 11.4 Å². The Hall–Kier alpha value is -3.48. The van der Waals surface area contributed by atoms with Crippen molar-refractivity contribution in [2.75, 3.05) is 13.9 Å². The number of nitrogens with one attached hydrogen (secondary N) is 1. The molecule has 0 saturated carbocycles. The van der Waals surface area contributed by atoms with Gasteiger partial charge in [0.05, 0.1) is 13.7 Å². The highest BCUT2D eigenvalue weighted by atomic mass is 16.7. The highest BCUT2D eigenvalue weighted by molar-refractivity contribution is 5.94. The van der Waals surface area contributed by atoms with Gasteiger partial charge in [-0.3, -0.25) is 4.79 Å². The standard InChI is InChI=1S/C19H16N2O5/c1-23-15-4-2-3-12(7-15)17-9-14(21-26-17)10-20-19(22)13-5-6-16-18(8-13)25-11-24-16/h2-9H,10-11H2,1H3,(H,20,22). The number of carbonyl (C=O) groups is 1. The number of rotatable bonds is 5. The first-order chi connectivity index (χ1) is 12.7.